The summed E-state index contributed by atoms with van der Waals surface area (Å²) in [6.45, 7) is 8.58. The highest BCUT2D eigenvalue weighted by Crippen LogP contribution is 2.30. The van der Waals surface area contributed by atoms with E-state index >= 15 is 0 Å². The first-order valence-electron chi connectivity index (χ1n) is 9.14. The van der Waals surface area contributed by atoms with Crippen LogP contribution in [-0.4, -0.2) is 50.9 Å². The van der Waals surface area contributed by atoms with Crippen molar-refractivity contribution in [1.29, 1.82) is 0 Å². The quantitative estimate of drug-likeness (QED) is 0.795. The molecular formula is C19H23F3N4O2. The molecule has 0 radical (unpaired) electrons. The molecule has 1 saturated heterocycles. The SMILES string of the molecule is CC1CN(C(=O)c2cnn(-c3ccc(C(F)(F)F)cn3)c2C(C)C)CC(C)O1. The normalized spacial score (nSPS) is 20.6. The molecule has 2 atom stereocenters. The van der Waals surface area contributed by atoms with Gasteiger partial charge in [-0.2, -0.15) is 18.3 Å². The van der Waals surface area contributed by atoms with Gasteiger partial charge in [-0.15, -0.1) is 0 Å². The first-order chi connectivity index (χ1) is 13.1. The molecule has 0 bridgehead atoms. The molecule has 1 aliphatic heterocycles. The smallest absolute Gasteiger partial charge is 0.372 e. The molecule has 1 fully saturated rings. The summed E-state index contributed by atoms with van der Waals surface area (Å²) in [5.74, 6) is -0.00949. The number of aromatic nitrogens is 3. The lowest BCUT2D eigenvalue weighted by molar-refractivity contribution is -0.137. The maximum Gasteiger partial charge on any atom is 0.417 e. The van der Waals surface area contributed by atoms with E-state index in [9.17, 15) is 18.0 Å². The molecule has 2 aromatic heterocycles. The summed E-state index contributed by atoms with van der Waals surface area (Å²) in [5, 5.41) is 4.25. The number of rotatable bonds is 3. The second-order valence-corrected chi connectivity index (χ2v) is 7.38. The number of pyridine rings is 1. The highest BCUT2D eigenvalue weighted by molar-refractivity contribution is 5.95. The topological polar surface area (TPSA) is 60.2 Å². The van der Waals surface area contributed by atoms with Crippen molar-refractivity contribution in [2.75, 3.05) is 13.1 Å². The highest BCUT2D eigenvalue weighted by Gasteiger charge is 2.32. The predicted molar refractivity (Wildman–Crippen MR) is 96.4 cm³/mol. The predicted octanol–water partition coefficient (Wildman–Crippen LogP) is 3.66. The number of amides is 1. The Hall–Kier alpha value is -2.42. The molecule has 1 aliphatic rings. The maximum atomic E-state index is 13.1. The van der Waals surface area contributed by atoms with Crippen LogP contribution in [0.2, 0.25) is 0 Å². The van der Waals surface area contributed by atoms with Gasteiger partial charge >= 0.3 is 6.18 Å². The Labute approximate surface area is 161 Å². The largest absolute Gasteiger partial charge is 0.417 e. The van der Waals surface area contributed by atoms with Crippen molar-refractivity contribution in [1.82, 2.24) is 19.7 Å². The molecule has 3 rings (SSSR count). The number of carbonyl (C=O) groups is 1. The van der Waals surface area contributed by atoms with Crippen LogP contribution in [0.3, 0.4) is 0 Å². The Balaban J connectivity index is 1.95. The number of alkyl halides is 3. The second kappa shape index (κ2) is 7.54. The zero-order valence-corrected chi connectivity index (χ0v) is 16.2. The van der Waals surface area contributed by atoms with Crippen molar-refractivity contribution >= 4 is 5.91 Å². The lowest BCUT2D eigenvalue weighted by atomic mass is 10.0. The maximum absolute atomic E-state index is 13.1. The number of carbonyl (C=O) groups excluding carboxylic acids is 1. The lowest BCUT2D eigenvalue weighted by Crippen LogP contribution is -2.48. The standard InChI is InChI=1S/C19H23F3N4O2/c1-11(2)17-15(18(27)25-9-12(3)28-13(4)10-25)8-24-26(17)16-6-5-14(7-23-16)19(20,21)22/h5-8,11-13H,9-10H2,1-4H3. The van der Waals surface area contributed by atoms with Gasteiger partial charge in [-0.3, -0.25) is 4.79 Å². The molecule has 6 nitrogen and oxygen atoms in total. The molecule has 1 amide bonds. The van der Waals surface area contributed by atoms with Crippen LogP contribution >= 0.6 is 0 Å². The van der Waals surface area contributed by atoms with Gasteiger partial charge in [0.1, 0.15) is 0 Å². The van der Waals surface area contributed by atoms with Crippen LogP contribution in [0, 0.1) is 0 Å². The van der Waals surface area contributed by atoms with Gasteiger partial charge in [0, 0.05) is 19.3 Å². The summed E-state index contributed by atoms with van der Waals surface area (Å²) >= 11 is 0. The van der Waals surface area contributed by atoms with Gasteiger partial charge < -0.3 is 9.64 Å². The Morgan fingerprint density at radius 1 is 1.18 bits per heavy atom. The van der Waals surface area contributed by atoms with Gasteiger partial charge in [0.15, 0.2) is 5.82 Å². The van der Waals surface area contributed by atoms with Crippen LogP contribution in [0.1, 0.15) is 55.2 Å². The fourth-order valence-corrected chi connectivity index (χ4v) is 3.45. The molecule has 9 heteroatoms. The Morgan fingerprint density at radius 2 is 1.82 bits per heavy atom. The zero-order valence-electron chi connectivity index (χ0n) is 16.2. The molecule has 0 N–H and O–H groups in total. The van der Waals surface area contributed by atoms with Crippen LogP contribution in [0.25, 0.3) is 5.82 Å². The van der Waals surface area contributed by atoms with Crippen molar-refractivity contribution in [3.63, 3.8) is 0 Å². The number of hydrogen-bond donors (Lipinski definition) is 0. The van der Waals surface area contributed by atoms with Crippen molar-refractivity contribution < 1.29 is 22.7 Å². The van der Waals surface area contributed by atoms with E-state index in [1.54, 1.807) is 4.90 Å². The van der Waals surface area contributed by atoms with Crippen molar-refractivity contribution in [3.05, 3.63) is 41.3 Å². The van der Waals surface area contributed by atoms with Crippen LogP contribution in [-0.2, 0) is 10.9 Å². The molecule has 2 unspecified atom stereocenters. The van der Waals surface area contributed by atoms with E-state index in [1.165, 1.54) is 16.9 Å². The van der Waals surface area contributed by atoms with E-state index in [0.717, 1.165) is 12.3 Å². The van der Waals surface area contributed by atoms with Gasteiger partial charge in [0.25, 0.3) is 5.91 Å². The number of nitrogens with zero attached hydrogens (tertiary/aromatic N) is 4. The first-order valence-corrected chi connectivity index (χ1v) is 9.14. The van der Waals surface area contributed by atoms with E-state index in [1.807, 2.05) is 27.7 Å². The van der Waals surface area contributed by atoms with Crippen molar-refractivity contribution in [3.8, 4) is 5.82 Å². The molecular weight excluding hydrogens is 373 g/mol. The minimum atomic E-state index is -4.46. The van der Waals surface area contributed by atoms with Gasteiger partial charge in [-0.05, 0) is 31.9 Å². The van der Waals surface area contributed by atoms with Gasteiger partial charge in [0.05, 0.1) is 35.2 Å². The summed E-state index contributed by atoms with van der Waals surface area (Å²) in [4.78, 5) is 18.7. The van der Waals surface area contributed by atoms with E-state index in [0.29, 0.717) is 24.3 Å². The lowest BCUT2D eigenvalue weighted by Gasteiger charge is -2.35. The third-order valence-electron chi connectivity index (χ3n) is 4.58. The van der Waals surface area contributed by atoms with Gasteiger partial charge in [-0.1, -0.05) is 13.8 Å². The summed E-state index contributed by atoms with van der Waals surface area (Å²) in [5.41, 5.74) is 0.212. The number of halogens is 3. The summed E-state index contributed by atoms with van der Waals surface area (Å²) in [6.07, 6.45) is -2.36. The molecule has 0 saturated carbocycles. The minimum Gasteiger partial charge on any atom is -0.372 e. The molecule has 0 spiro atoms. The van der Waals surface area contributed by atoms with Gasteiger partial charge in [-0.25, -0.2) is 9.67 Å². The Kier molecular flexibility index (Phi) is 5.47. The molecule has 152 valence electrons. The highest BCUT2D eigenvalue weighted by atomic mass is 19.4. The van der Waals surface area contributed by atoms with Gasteiger partial charge in [0.2, 0.25) is 0 Å². The minimum absolute atomic E-state index is 0.0678. The molecule has 0 aliphatic carbocycles. The summed E-state index contributed by atoms with van der Waals surface area (Å²) in [6, 6.07) is 2.22. The molecule has 3 heterocycles. The average Bonchev–Trinajstić information content (AvgIpc) is 3.05. The fraction of sp³-hybridized carbons (Fsp3) is 0.526. The summed E-state index contributed by atoms with van der Waals surface area (Å²) in [7, 11) is 0. The number of ether oxygens (including phenoxy) is 1. The van der Waals surface area contributed by atoms with E-state index in [2.05, 4.69) is 10.1 Å². The third kappa shape index (κ3) is 4.04. The zero-order chi connectivity index (χ0) is 20.6. The second-order valence-electron chi connectivity index (χ2n) is 7.38. The number of morpholine rings is 1. The molecule has 2 aromatic rings. The fourth-order valence-electron chi connectivity index (χ4n) is 3.45. The van der Waals surface area contributed by atoms with Crippen molar-refractivity contribution in [2.24, 2.45) is 0 Å². The summed E-state index contributed by atoms with van der Waals surface area (Å²) < 4.78 is 45.5. The van der Waals surface area contributed by atoms with Crippen molar-refractivity contribution in [2.45, 2.75) is 52.0 Å². The average molecular weight is 396 g/mol. The van der Waals surface area contributed by atoms with E-state index < -0.39 is 11.7 Å². The van der Waals surface area contributed by atoms with E-state index in [-0.39, 0.29) is 29.9 Å². The third-order valence-corrected chi connectivity index (χ3v) is 4.58. The Bertz CT molecular complexity index is 836. The number of hydrogen-bond acceptors (Lipinski definition) is 4. The van der Waals surface area contributed by atoms with Crippen LogP contribution in [0.15, 0.2) is 24.5 Å². The first kappa shape index (κ1) is 20.3. The van der Waals surface area contributed by atoms with Crippen LogP contribution in [0.4, 0.5) is 13.2 Å². The Morgan fingerprint density at radius 3 is 2.32 bits per heavy atom. The van der Waals surface area contributed by atoms with Crippen LogP contribution in [0.5, 0.6) is 0 Å². The van der Waals surface area contributed by atoms with Crippen LogP contribution < -0.4 is 0 Å². The molecule has 0 aromatic carbocycles. The van der Waals surface area contributed by atoms with E-state index in [4.69, 9.17) is 4.74 Å². The molecule has 28 heavy (non-hydrogen) atoms. The monoisotopic (exact) mass is 396 g/mol.